The van der Waals surface area contributed by atoms with E-state index in [0.717, 1.165) is 30.4 Å². The molecule has 1 amide bonds. The van der Waals surface area contributed by atoms with Gasteiger partial charge >= 0.3 is 5.76 Å². The van der Waals surface area contributed by atoms with Crippen LogP contribution in [-0.4, -0.2) is 32.7 Å². The maximum Gasteiger partial charge on any atom is 0.437 e. The molecule has 1 aromatic heterocycles. The summed E-state index contributed by atoms with van der Waals surface area (Å²) in [6, 6.07) is 0. The van der Waals surface area contributed by atoms with Crippen LogP contribution in [0.4, 0.5) is 0 Å². The molecule has 0 aromatic carbocycles. The fraction of sp³-hybridized carbons (Fsp3) is 0.643. The number of carbonyl (C=O) groups excluding carboxylic acids is 1. The highest BCUT2D eigenvalue weighted by molar-refractivity contribution is 5.78. The van der Waals surface area contributed by atoms with Crippen molar-refractivity contribution in [1.82, 2.24) is 14.7 Å². The van der Waals surface area contributed by atoms with Crippen molar-refractivity contribution in [3.63, 3.8) is 0 Å². The number of aryl methyl sites for hydroxylation is 1. The Kier molecular flexibility index (Phi) is 3.23. The van der Waals surface area contributed by atoms with Crippen LogP contribution in [0.3, 0.4) is 0 Å². The standard InChI is InChI=1S/C14H19N3O3/c1-11-15-17(13(19)20-11)10-12(18)16-9-5-8-14(16)6-3-2-4-7-14/h5,8H,2-4,6-7,9-10H2,1H3. The van der Waals surface area contributed by atoms with Gasteiger partial charge in [-0.3, -0.25) is 4.79 Å². The van der Waals surface area contributed by atoms with E-state index >= 15 is 0 Å². The molecule has 6 nitrogen and oxygen atoms in total. The van der Waals surface area contributed by atoms with Crippen molar-refractivity contribution < 1.29 is 9.21 Å². The van der Waals surface area contributed by atoms with Gasteiger partial charge in [0.25, 0.3) is 0 Å². The van der Waals surface area contributed by atoms with E-state index in [2.05, 4.69) is 17.3 Å². The van der Waals surface area contributed by atoms with E-state index in [4.69, 9.17) is 4.42 Å². The van der Waals surface area contributed by atoms with Gasteiger partial charge in [-0.15, -0.1) is 5.10 Å². The molecular weight excluding hydrogens is 258 g/mol. The molecule has 3 rings (SSSR count). The highest BCUT2D eigenvalue weighted by atomic mass is 16.4. The predicted octanol–water partition coefficient (Wildman–Crippen LogP) is 1.25. The Balaban J connectivity index is 1.77. The van der Waals surface area contributed by atoms with Crippen LogP contribution in [0.25, 0.3) is 0 Å². The normalized spacial score (nSPS) is 20.8. The topological polar surface area (TPSA) is 68.3 Å². The highest BCUT2D eigenvalue weighted by Crippen LogP contribution is 2.37. The van der Waals surface area contributed by atoms with Crippen LogP contribution in [0, 0.1) is 6.92 Å². The lowest BCUT2D eigenvalue weighted by Crippen LogP contribution is -2.50. The number of carbonyl (C=O) groups is 1. The third-order valence-corrected chi connectivity index (χ3v) is 4.27. The van der Waals surface area contributed by atoms with E-state index < -0.39 is 5.76 Å². The van der Waals surface area contributed by atoms with Gasteiger partial charge in [0.05, 0.1) is 5.54 Å². The Morgan fingerprint density at radius 3 is 2.80 bits per heavy atom. The van der Waals surface area contributed by atoms with Crippen molar-refractivity contribution in [3.05, 3.63) is 28.6 Å². The van der Waals surface area contributed by atoms with E-state index in [-0.39, 0.29) is 23.9 Å². The Morgan fingerprint density at radius 2 is 2.15 bits per heavy atom. The van der Waals surface area contributed by atoms with Crippen LogP contribution in [0.15, 0.2) is 21.4 Å². The van der Waals surface area contributed by atoms with Crippen molar-refractivity contribution in [2.24, 2.45) is 0 Å². The molecule has 1 aliphatic heterocycles. The van der Waals surface area contributed by atoms with Crippen molar-refractivity contribution >= 4 is 5.91 Å². The molecule has 0 unspecified atom stereocenters. The summed E-state index contributed by atoms with van der Waals surface area (Å²) in [6.07, 6.45) is 9.79. The SMILES string of the molecule is Cc1nn(CC(=O)N2CC=CC23CCCCC3)c(=O)o1. The van der Waals surface area contributed by atoms with Gasteiger partial charge < -0.3 is 9.32 Å². The van der Waals surface area contributed by atoms with Crippen molar-refractivity contribution in [3.8, 4) is 0 Å². The Labute approximate surface area is 117 Å². The van der Waals surface area contributed by atoms with Crippen LogP contribution in [0.5, 0.6) is 0 Å². The molecule has 20 heavy (non-hydrogen) atoms. The van der Waals surface area contributed by atoms with Gasteiger partial charge in [0.15, 0.2) is 0 Å². The van der Waals surface area contributed by atoms with Gasteiger partial charge in [-0.25, -0.2) is 4.79 Å². The number of nitrogens with zero attached hydrogens (tertiary/aromatic N) is 3. The molecule has 1 spiro atoms. The fourth-order valence-corrected chi connectivity index (χ4v) is 3.32. The van der Waals surface area contributed by atoms with Crippen molar-refractivity contribution in [1.29, 1.82) is 0 Å². The van der Waals surface area contributed by atoms with Gasteiger partial charge in [-0.05, 0) is 12.8 Å². The lowest BCUT2D eigenvalue weighted by molar-refractivity contribution is -0.136. The van der Waals surface area contributed by atoms with Gasteiger partial charge in [-0.2, -0.15) is 4.68 Å². The fourth-order valence-electron chi connectivity index (χ4n) is 3.32. The lowest BCUT2D eigenvalue weighted by atomic mass is 9.81. The van der Waals surface area contributed by atoms with Crippen molar-refractivity contribution in [2.45, 2.75) is 51.1 Å². The highest BCUT2D eigenvalue weighted by Gasteiger charge is 2.40. The first-order chi connectivity index (χ1) is 9.61. The zero-order valence-electron chi connectivity index (χ0n) is 11.7. The van der Waals surface area contributed by atoms with Crippen LogP contribution >= 0.6 is 0 Å². The molecule has 0 radical (unpaired) electrons. The molecule has 1 fully saturated rings. The molecule has 2 heterocycles. The lowest BCUT2D eigenvalue weighted by Gasteiger charge is -2.41. The van der Waals surface area contributed by atoms with E-state index in [1.54, 1.807) is 6.92 Å². The van der Waals surface area contributed by atoms with Crippen LogP contribution in [0.2, 0.25) is 0 Å². The van der Waals surface area contributed by atoms with E-state index in [9.17, 15) is 9.59 Å². The van der Waals surface area contributed by atoms with Crippen molar-refractivity contribution in [2.75, 3.05) is 6.54 Å². The first-order valence-corrected chi connectivity index (χ1v) is 7.13. The Bertz CT molecular complexity index is 593. The Hall–Kier alpha value is -1.85. The number of aromatic nitrogens is 2. The number of hydrogen-bond donors (Lipinski definition) is 0. The van der Waals surface area contributed by atoms with E-state index in [1.165, 1.54) is 6.42 Å². The van der Waals surface area contributed by atoms with Gasteiger partial charge in [0, 0.05) is 13.5 Å². The quantitative estimate of drug-likeness (QED) is 0.763. The second kappa shape index (κ2) is 4.92. The molecule has 1 aliphatic carbocycles. The smallest absolute Gasteiger partial charge is 0.393 e. The molecule has 1 aromatic rings. The molecule has 6 heteroatoms. The maximum atomic E-state index is 12.5. The van der Waals surface area contributed by atoms with Crippen LogP contribution < -0.4 is 5.76 Å². The summed E-state index contributed by atoms with van der Waals surface area (Å²) >= 11 is 0. The number of amides is 1. The average Bonchev–Trinajstić information content (AvgIpc) is 2.95. The first-order valence-electron chi connectivity index (χ1n) is 7.13. The Morgan fingerprint density at radius 1 is 1.40 bits per heavy atom. The summed E-state index contributed by atoms with van der Waals surface area (Å²) in [7, 11) is 0. The summed E-state index contributed by atoms with van der Waals surface area (Å²) in [5.74, 6) is -0.345. The molecule has 108 valence electrons. The minimum absolute atomic E-state index is 0.0421. The summed E-state index contributed by atoms with van der Waals surface area (Å²) in [6.45, 7) is 2.19. The maximum absolute atomic E-state index is 12.5. The largest absolute Gasteiger partial charge is 0.437 e. The van der Waals surface area contributed by atoms with E-state index in [0.29, 0.717) is 6.54 Å². The summed E-state index contributed by atoms with van der Waals surface area (Å²) in [5.41, 5.74) is -0.127. The summed E-state index contributed by atoms with van der Waals surface area (Å²) < 4.78 is 5.93. The third kappa shape index (κ3) is 2.19. The van der Waals surface area contributed by atoms with Crippen LogP contribution in [-0.2, 0) is 11.3 Å². The monoisotopic (exact) mass is 277 g/mol. The van der Waals surface area contributed by atoms with Crippen LogP contribution in [0.1, 0.15) is 38.0 Å². The molecule has 1 saturated carbocycles. The minimum atomic E-state index is -0.569. The van der Waals surface area contributed by atoms with Gasteiger partial charge in [-0.1, -0.05) is 31.4 Å². The zero-order valence-corrected chi connectivity index (χ0v) is 11.7. The zero-order chi connectivity index (χ0) is 14.2. The molecule has 0 atom stereocenters. The second-order valence-corrected chi connectivity index (χ2v) is 5.62. The molecular formula is C14H19N3O3. The number of hydrogen-bond acceptors (Lipinski definition) is 4. The second-order valence-electron chi connectivity index (χ2n) is 5.62. The number of rotatable bonds is 2. The minimum Gasteiger partial charge on any atom is -0.393 e. The average molecular weight is 277 g/mol. The molecule has 0 saturated heterocycles. The van der Waals surface area contributed by atoms with Gasteiger partial charge in [0.1, 0.15) is 6.54 Å². The first kappa shape index (κ1) is 13.1. The summed E-state index contributed by atoms with van der Waals surface area (Å²) in [5, 5.41) is 3.92. The predicted molar refractivity (Wildman–Crippen MR) is 72.2 cm³/mol. The molecule has 0 bridgehead atoms. The van der Waals surface area contributed by atoms with E-state index in [1.807, 2.05) is 4.90 Å². The third-order valence-electron chi connectivity index (χ3n) is 4.27. The molecule has 2 aliphatic rings. The summed E-state index contributed by atoms with van der Waals surface area (Å²) in [4.78, 5) is 25.9. The molecule has 0 N–H and O–H groups in total. The van der Waals surface area contributed by atoms with Gasteiger partial charge in [0.2, 0.25) is 11.8 Å².